The van der Waals surface area contributed by atoms with Gasteiger partial charge in [-0.05, 0) is 36.8 Å². The molecule has 4 nitrogen and oxygen atoms in total. The van der Waals surface area contributed by atoms with Crippen LogP contribution in [0.3, 0.4) is 0 Å². The van der Waals surface area contributed by atoms with Gasteiger partial charge in [0.15, 0.2) is 0 Å². The molecule has 0 saturated carbocycles. The SMILES string of the molecule is C=C(Cl)CN1C(=O)NC2(CCCCc3ccccc32)C1=O. The third-order valence-electron chi connectivity index (χ3n) is 4.23. The lowest BCUT2D eigenvalue weighted by atomic mass is 9.84. The first-order valence-corrected chi connectivity index (χ1v) is 7.48. The van der Waals surface area contributed by atoms with Crippen molar-refractivity contribution in [3.8, 4) is 0 Å². The average Bonchev–Trinajstić information content (AvgIpc) is 2.62. The first kappa shape index (κ1) is 14.1. The predicted octanol–water partition coefficient (Wildman–Crippen LogP) is 2.91. The summed E-state index contributed by atoms with van der Waals surface area (Å²) in [6.07, 6.45) is 3.48. The van der Waals surface area contributed by atoms with Gasteiger partial charge < -0.3 is 5.32 Å². The van der Waals surface area contributed by atoms with E-state index in [-0.39, 0.29) is 17.5 Å². The van der Waals surface area contributed by atoms with E-state index in [0.29, 0.717) is 6.42 Å². The van der Waals surface area contributed by atoms with Gasteiger partial charge in [0.05, 0.1) is 6.54 Å². The molecule has 1 aliphatic heterocycles. The monoisotopic (exact) mass is 304 g/mol. The van der Waals surface area contributed by atoms with Crippen LogP contribution in [-0.4, -0.2) is 23.4 Å². The van der Waals surface area contributed by atoms with Crippen LogP contribution in [0.5, 0.6) is 0 Å². The molecule has 3 amide bonds. The summed E-state index contributed by atoms with van der Waals surface area (Å²) in [7, 11) is 0. The fraction of sp³-hybridized carbons (Fsp3) is 0.375. The molecule has 1 aromatic rings. The number of hydrogen-bond acceptors (Lipinski definition) is 2. The Morgan fingerprint density at radius 1 is 1.33 bits per heavy atom. The van der Waals surface area contributed by atoms with Crippen LogP contribution in [0.15, 0.2) is 35.9 Å². The maximum absolute atomic E-state index is 12.9. The Kier molecular flexibility index (Phi) is 3.49. The number of rotatable bonds is 2. The maximum atomic E-state index is 12.9. The van der Waals surface area contributed by atoms with Crippen molar-refractivity contribution < 1.29 is 9.59 Å². The zero-order valence-corrected chi connectivity index (χ0v) is 12.4. The zero-order valence-electron chi connectivity index (χ0n) is 11.7. The molecule has 1 unspecified atom stereocenters. The molecule has 1 spiro atoms. The second-order valence-electron chi connectivity index (χ2n) is 5.61. The topological polar surface area (TPSA) is 49.4 Å². The Morgan fingerprint density at radius 3 is 2.86 bits per heavy atom. The lowest BCUT2D eigenvalue weighted by Gasteiger charge is -2.27. The normalized spacial score (nSPS) is 24.7. The van der Waals surface area contributed by atoms with Crippen LogP contribution in [0, 0.1) is 0 Å². The highest BCUT2D eigenvalue weighted by molar-refractivity contribution is 6.30. The number of benzene rings is 1. The summed E-state index contributed by atoms with van der Waals surface area (Å²) in [5, 5.41) is 3.18. The first-order chi connectivity index (χ1) is 10.0. The zero-order chi connectivity index (χ0) is 15.0. The number of carbonyl (C=O) groups excluding carboxylic acids is 2. The summed E-state index contributed by atoms with van der Waals surface area (Å²) in [4.78, 5) is 26.3. The fourth-order valence-electron chi connectivity index (χ4n) is 3.29. The van der Waals surface area contributed by atoms with Gasteiger partial charge in [0.2, 0.25) is 0 Å². The van der Waals surface area contributed by atoms with Crippen LogP contribution < -0.4 is 5.32 Å². The molecule has 0 bridgehead atoms. The van der Waals surface area contributed by atoms with Crippen LogP contribution >= 0.6 is 11.6 Å². The molecule has 1 fully saturated rings. The van der Waals surface area contributed by atoms with E-state index in [1.54, 1.807) is 0 Å². The molecule has 21 heavy (non-hydrogen) atoms. The third-order valence-corrected chi connectivity index (χ3v) is 4.35. The van der Waals surface area contributed by atoms with Crippen molar-refractivity contribution in [2.75, 3.05) is 6.54 Å². The molecule has 2 aliphatic rings. The van der Waals surface area contributed by atoms with Crippen molar-refractivity contribution in [2.45, 2.75) is 31.2 Å². The lowest BCUT2D eigenvalue weighted by Crippen LogP contribution is -2.44. The minimum atomic E-state index is -0.934. The molecule has 1 heterocycles. The van der Waals surface area contributed by atoms with Gasteiger partial charge in [-0.2, -0.15) is 0 Å². The number of fused-ring (bicyclic) bond motifs is 2. The Hall–Kier alpha value is -1.81. The predicted molar refractivity (Wildman–Crippen MR) is 80.9 cm³/mol. The Balaban J connectivity index is 2.07. The maximum Gasteiger partial charge on any atom is 0.325 e. The van der Waals surface area contributed by atoms with Crippen molar-refractivity contribution in [1.82, 2.24) is 10.2 Å². The molecule has 0 radical (unpaired) electrons. The van der Waals surface area contributed by atoms with Crippen LogP contribution in [0.1, 0.15) is 30.4 Å². The van der Waals surface area contributed by atoms with Crippen LogP contribution in [0.2, 0.25) is 0 Å². The van der Waals surface area contributed by atoms with Gasteiger partial charge in [-0.3, -0.25) is 9.69 Å². The van der Waals surface area contributed by atoms with Gasteiger partial charge in [-0.15, -0.1) is 0 Å². The standard InChI is InChI=1S/C16H17ClN2O2/c1-11(17)10-19-14(20)16(18-15(19)21)9-5-4-7-12-6-2-3-8-13(12)16/h2-3,6,8H,1,4-5,7,9-10H2,(H,18,21). The molecular weight excluding hydrogens is 288 g/mol. The molecule has 5 heteroatoms. The minimum Gasteiger partial charge on any atom is -0.319 e. The van der Waals surface area contributed by atoms with Gasteiger partial charge in [0.25, 0.3) is 5.91 Å². The van der Waals surface area contributed by atoms with E-state index in [0.717, 1.165) is 35.3 Å². The van der Waals surface area contributed by atoms with Gasteiger partial charge in [-0.25, -0.2) is 4.79 Å². The van der Waals surface area contributed by atoms with E-state index in [1.807, 2.05) is 24.3 Å². The third kappa shape index (κ3) is 2.23. The number of aryl methyl sites for hydroxylation is 1. The number of nitrogens with one attached hydrogen (secondary N) is 1. The van der Waals surface area contributed by atoms with E-state index in [4.69, 9.17) is 11.6 Å². The van der Waals surface area contributed by atoms with Crippen LogP contribution in [0.4, 0.5) is 4.79 Å². The summed E-state index contributed by atoms with van der Waals surface area (Å²) in [5.41, 5.74) is 1.12. The van der Waals surface area contributed by atoms with E-state index in [1.165, 1.54) is 0 Å². The summed E-state index contributed by atoms with van der Waals surface area (Å²) in [5.74, 6) is -0.219. The van der Waals surface area contributed by atoms with E-state index < -0.39 is 11.6 Å². The molecule has 110 valence electrons. The Labute approximate surface area is 128 Å². The summed E-state index contributed by atoms with van der Waals surface area (Å²) < 4.78 is 0. The molecule has 1 N–H and O–H groups in total. The average molecular weight is 305 g/mol. The fourth-order valence-corrected chi connectivity index (χ4v) is 3.41. The minimum absolute atomic E-state index is 0.0517. The summed E-state index contributed by atoms with van der Waals surface area (Å²) in [6, 6.07) is 7.47. The van der Waals surface area contributed by atoms with Gasteiger partial charge in [0, 0.05) is 5.03 Å². The quantitative estimate of drug-likeness (QED) is 0.854. The van der Waals surface area contributed by atoms with Crippen molar-refractivity contribution in [3.63, 3.8) is 0 Å². The summed E-state index contributed by atoms with van der Waals surface area (Å²) >= 11 is 5.78. The number of carbonyl (C=O) groups is 2. The summed E-state index contributed by atoms with van der Waals surface area (Å²) in [6.45, 7) is 3.63. The smallest absolute Gasteiger partial charge is 0.319 e. The second kappa shape index (κ2) is 5.19. The molecule has 1 atom stereocenters. The van der Waals surface area contributed by atoms with Crippen molar-refractivity contribution in [2.24, 2.45) is 0 Å². The van der Waals surface area contributed by atoms with E-state index in [9.17, 15) is 9.59 Å². The Bertz CT molecular complexity index is 628. The van der Waals surface area contributed by atoms with Crippen molar-refractivity contribution >= 4 is 23.5 Å². The van der Waals surface area contributed by atoms with Gasteiger partial charge in [-0.1, -0.05) is 42.4 Å². The molecule has 1 aliphatic carbocycles. The van der Waals surface area contributed by atoms with E-state index in [2.05, 4.69) is 11.9 Å². The lowest BCUT2D eigenvalue weighted by molar-refractivity contribution is -0.131. The van der Waals surface area contributed by atoms with Crippen LogP contribution in [-0.2, 0) is 16.8 Å². The first-order valence-electron chi connectivity index (χ1n) is 7.10. The molecular formula is C16H17ClN2O2. The number of amides is 3. The molecule has 1 saturated heterocycles. The van der Waals surface area contributed by atoms with E-state index >= 15 is 0 Å². The van der Waals surface area contributed by atoms with Gasteiger partial charge in [0.1, 0.15) is 5.54 Å². The highest BCUT2D eigenvalue weighted by Crippen LogP contribution is 2.39. The molecule has 1 aromatic carbocycles. The molecule has 0 aromatic heterocycles. The number of hydrogen-bond donors (Lipinski definition) is 1. The van der Waals surface area contributed by atoms with Crippen molar-refractivity contribution in [3.05, 3.63) is 47.0 Å². The second-order valence-corrected chi connectivity index (χ2v) is 6.14. The highest BCUT2D eigenvalue weighted by atomic mass is 35.5. The van der Waals surface area contributed by atoms with Crippen molar-refractivity contribution in [1.29, 1.82) is 0 Å². The number of imide groups is 1. The van der Waals surface area contributed by atoms with Gasteiger partial charge >= 0.3 is 6.03 Å². The molecule has 3 rings (SSSR count). The van der Waals surface area contributed by atoms with Crippen LogP contribution in [0.25, 0.3) is 0 Å². The Morgan fingerprint density at radius 2 is 2.10 bits per heavy atom. The number of halogens is 1. The highest BCUT2D eigenvalue weighted by Gasteiger charge is 2.53. The number of urea groups is 1. The largest absolute Gasteiger partial charge is 0.325 e. The number of nitrogens with zero attached hydrogens (tertiary/aromatic N) is 1.